The molecule has 4 aliphatic rings. The summed E-state index contributed by atoms with van der Waals surface area (Å²) in [7, 11) is 0. The highest BCUT2D eigenvalue weighted by molar-refractivity contribution is 6.94. The van der Waals surface area contributed by atoms with Gasteiger partial charge in [0.1, 0.15) is 11.5 Å². The second-order valence-corrected chi connectivity index (χ2v) is 14.2. The number of anilines is 5. The highest BCUT2D eigenvalue weighted by atomic mass is 16.5. The Morgan fingerprint density at radius 2 is 1.27 bits per heavy atom. The molecule has 0 aromatic heterocycles. The van der Waals surface area contributed by atoms with Crippen molar-refractivity contribution in [3.05, 3.63) is 150 Å². The van der Waals surface area contributed by atoms with Crippen molar-refractivity contribution in [1.29, 1.82) is 0 Å². The van der Waals surface area contributed by atoms with Crippen molar-refractivity contribution in [1.82, 2.24) is 0 Å². The van der Waals surface area contributed by atoms with Crippen LogP contribution in [0.4, 0.5) is 28.4 Å². The lowest BCUT2D eigenvalue weighted by atomic mass is 9.43. The number of hydrogen-bond acceptors (Lipinski definition) is 4. The quantitative estimate of drug-likeness (QED) is 0.169. The third-order valence-corrected chi connectivity index (χ3v) is 11.2. The predicted molar refractivity (Wildman–Crippen MR) is 201 cm³/mol. The van der Waals surface area contributed by atoms with Crippen LogP contribution in [0.25, 0.3) is 21.9 Å². The smallest absolute Gasteiger partial charge is 0.333 e. The van der Waals surface area contributed by atoms with Crippen LogP contribution < -0.4 is 30.1 Å². The maximum atomic E-state index is 6.77. The molecule has 7 aromatic carbocycles. The molecule has 0 aliphatic carbocycles. The van der Waals surface area contributed by atoms with Crippen LogP contribution in [0.3, 0.4) is 0 Å². The van der Waals surface area contributed by atoms with Crippen molar-refractivity contribution in [3.63, 3.8) is 0 Å². The van der Waals surface area contributed by atoms with Gasteiger partial charge in [-0.05, 0) is 82.9 Å². The van der Waals surface area contributed by atoms with E-state index < -0.39 is 0 Å². The molecular formula is C44H31BN2O2. The van der Waals surface area contributed by atoms with Gasteiger partial charge in [-0.2, -0.15) is 0 Å². The number of ether oxygens (including phenoxy) is 2. The lowest BCUT2D eigenvalue weighted by molar-refractivity contribution is 0.418. The summed E-state index contributed by atoms with van der Waals surface area (Å²) in [6.45, 7) is 6.77. The Hall–Kier alpha value is -5.94. The molecule has 0 fully saturated rings. The van der Waals surface area contributed by atoms with E-state index in [4.69, 9.17) is 9.47 Å². The van der Waals surface area contributed by atoms with Crippen molar-refractivity contribution in [2.75, 3.05) is 9.71 Å². The minimum atomic E-state index is -0.252. The van der Waals surface area contributed by atoms with Crippen LogP contribution in [0, 0.1) is 6.92 Å². The number of aryl methyl sites for hydroxylation is 1. The molecule has 0 saturated heterocycles. The van der Waals surface area contributed by atoms with Gasteiger partial charge in [-0.15, -0.1) is 0 Å². The predicted octanol–water partition coefficient (Wildman–Crippen LogP) is 10.4. The number of hydrogen-bond donors (Lipinski definition) is 0. The van der Waals surface area contributed by atoms with E-state index in [1.807, 2.05) is 0 Å². The van der Waals surface area contributed by atoms with Crippen molar-refractivity contribution in [3.8, 4) is 34.1 Å². The molecule has 4 nitrogen and oxygen atoms in total. The average molecular weight is 631 g/mol. The summed E-state index contributed by atoms with van der Waals surface area (Å²) >= 11 is 0. The molecule has 11 rings (SSSR count). The SMILES string of the molecule is Cc1ccccc1N1B2c3cccc4c3N(c3ccccc3O4)c3c2c(cc2ccccc32)-c2cc3c(cc21)C(C)(C)c1ccccc1O3. The molecule has 0 bridgehead atoms. The highest BCUT2D eigenvalue weighted by Gasteiger charge is 2.49. The largest absolute Gasteiger partial charge is 0.457 e. The Kier molecular flexibility index (Phi) is 5.17. The van der Waals surface area contributed by atoms with Crippen LogP contribution in [0.2, 0.25) is 0 Å². The Bertz CT molecular complexity index is 2590. The van der Waals surface area contributed by atoms with Gasteiger partial charge in [-0.1, -0.05) is 98.8 Å². The van der Waals surface area contributed by atoms with Crippen LogP contribution in [0.5, 0.6) is 23.0 Å². The zero-order valence-electron chi connectivity index (χ0n) is 27.5. The normalized spacial score (nSPS) is 15.2. The van der Waals surface area contributed by atoms with Crippen molar-refractivity contribution < 1.29 is 9.47 Å². The fourth-order valence-corrected chi connectivity index (χ4v) is 8.92. The van der Waals surface area contributed by atoms with Crippen molar-refractivity contribution in [2.24, 2.45) is 0 Å². The fourth-order valence-electron chi connectivity index (χ4n) is 8.92. The standard InChI is InChI=1S/C44H31BN2O2/c1-26-13-4-8-18-34(26)47-36-25-32-40(48-37-20-10-7-16-31(37)44(32,2)3)24-29(36)30-23-27-14-5-6-15-28(27)42-41(30)45(47)33-17-12-22-39-43(33)46(42)35-19-9-11-21-38(35)49-39/h4-25H,1-3H3. The second kappa shape index (κ2) is 9.36. The van der Waals surface area contributed by atoms with E-state index in [0.29, 0.717) is 0 Å². The van der Waals surface area contributed by atoms with E-state index in [-0.39, 0.29) is 12.3 Å². The summed E-state index contributed by atoms with van der Waals surface area (Å²) in [5, 5.41) is 2.43. The van der Waals surface area contributed by atoms with Crippen LogP contribution in [-0.4, -0.2) is 6.85 Å². The fraction of sp³-hybridized carbons (Fsp3) is 0.0909. The molecule has 0 atom stereocenters. The minimum absolute atomic E-state index is 0.0961. The summed E-state index contributed by atoms with van der Waals surface area (Å²) in [6.07, 6.45) is 0. The molecule has 4 heterocycles. The lowest BCUT2D eigenvalue weighted by Gasteiger charge is -2.48. The van der Waals surface area contributed by atoms with Gasteiger partial charge in [-0.3, -0.25) is 0 Å². The number of fused-ring (bicyclic) bond motifs is 10. The van der Waals surface area contributed by atoms with Gasteiger partial charge in [0, 0.05) is 38.9 Å². The van der Waals surface area contributed by atoms with Gasteiger partial charge in [0.05, 0.1) is 17.1 Å². The maximum absolute atomic E-state index is 6.77. The molecule has 0 N–H and O–H groups in total. The Labute approximate surface area is 285 Å². The summed E-state index contributed by atoms with van der Waals surface area (Å²) < 4.78 is 13.5. The number of benzene rings is 7. The highest BCUT2D eigenvalue weighted by Crippen LogP contribution is 2.57. The molecular weight excluding hydrogens is 599 g/mol. The first kappa shape index (κ1) is 27.1. The summed E-state index contributed by atoms with van der Waals surface area (Å²) in [4.78, 5) is 5.06. The van der Waals surface area contributed by atoms with E-state index in [1.54, 1.807) is 0 Å². The first-order valence-corrected chi connectivity index (χ1v) is 17.1. The zero-order chi connectivity index (χ0) is 32.6. The summed E-state index contributed by atoms with van der Waals surface area (Å²) in [5.41, 5.74) is 14.1. The molecule has 0 spiro atoms. The topological polar surface area (TPSA) is 24.9 Å². The molecule has 49 heavy (non-hydrogen) atoms. The number of para-hydroxylation sites is 5. The van der Waals surface area contributed by atoms with E-state index in [2.05, 4.69) is 164 Å². The number of nitrogens with zero attached hydrogens (tertiary/aromatic N) is 2. The van der Waals surface area contributed by atoms with Gasteiger partial charge in [0.25, 0.3) is 0 Å². The lowest BCUT2D eigenvalue weighted by Crippen LogP contribution is -2.62. The van der Waals surface area contributed by atoms with Crippen LogP contribution >= 0.6 is 0 Å². The molecule has 0 unspecified atom stereocenters. The van der Waals surface area contributed by atoms with E-state index >= 15 is 0 Å². The second-order valence-electron chi connectivity index (χ2n) is 14.2. The van der Waals surface area contributed by atoms with E-state index in [9.17, 15) is 0 Å². The zero-order valence-corrected chi connectivity index (χ0v) is 27.5. The third-order valence-electron chi connectivity index (χ3n) is 11.2. The molecule has 0 amide bonds. The minimum Gasteiger partial charge on any atom is -0.457 e. The molecule has 0 saturated carbocycles. The van der Waals surface area contributed by atoms with E-state index in [1.165, 1.54) is 66.6 Å². The van der Waals surface area contributed by atoms with Gasteiger partial charge in [0.2, 0.25) is 0 Å². The number of rotatable bonds is 1. The van der Waals surface area contributed by atoms with Gasteiger partial charge >= 0.3 is 6.85 Å². The van der Waals surface area contributed by atoms with Gasteiger partial charge in [0.15, 0.2) is 11.5 Å². The monoisotopic (exact) mass is 630 g/mol. The van der Waals surface area contributed by atoms with Crippen molar-refractivity contribution >= 4 is 57.0 Å². The molecule has 0 radical (unpaired) electrons. The van der Waals surface area contributed by atoms with Gasteiger partial charge in [-0.25, -0.2) is 0 Å². The van der Waals surface area contributed by atoms with Gasteiger partial charge < -0.3 is 19.2 Å². The Morgan fingerprint density at radius 3 is 2.14 bits per heavy atom. The van der Waals surface area contributed by atoms with Crippen molar-refractivity contribution in [2.45, 2.75) is 26.2 Å². The molecule has 4 aliphatic heterocycles. The van der Waals surface area contributed by atoms with Crippen LogP contribution in [0.15, 0.2) is 133 Å². The first-order chi connectivity index (χ1) is 24.0. The first-order valence-electron chi connectivity index (χ1n) is 17.1. The average Bonchev–Trinajstić information content (AvgIpc) is 3.12. The Balaban J connectivity index is 1.31. The third kappa shape index (κ3) is 3.44. The molecule has 5 heteroatoms. The van der Waals surface area contributed by atoms with Crippen LogP contribution in [-0.2, 0) is 5.41 Å². The van der Waals surface area contributed by atoms with E-state index in [0.717, 1.165) is 34.4 Å². The summed E-state index contributed by atoms with van der Waals surface area (Å²) in [5.74, 6) is 3.59. The molecule has 7 aromatic rings. The van der Waals surface area contributed by atoms with Crippen LogP contribution in [0.1, 0.15) is 30.5 Å². The maximum Gasteiger partial charge on any atom is 0.333 e. The molecule has 232 valence electrons. The Morgan fingerprint density at radius 1 is 0.551 bits per heavy atom. The summed E-state index contributed by atoms with van der Waals surface area (Å²) in [6, 6.07) is 48.2.